The Hall–Kier alpha value is -4.49. The Morgan fingerprint density at radius 3 is 1.75 bits per heavy atom. The van der Waals surface area contributed by atoms with Crippen molar-refractivity contribution in [3.05, 3.63) is 113 Å². The lowest BCUT2D eigenvalue weighted by molar-refractivity contribution is -0.195. The molecule has 0 aliphatic rings. The van der Waals surface area contributed by atoms with E-state index in [1.165, 1.54) is 0 Å². The van der Waals surface area contributed by atoms with Crippen LogP contribution in [0.2, 0.25) is 0 Å². The van der Waals surface area contributed by atoms with Gasteiger partial charge < -0.3 is 14.2 Å². The first-order valence-electron chi connectivity index (χ1n) is 12.6. The molecule has 234 valence electrons. The van der Waals surface area contributed by atoms with Gasteiger partial charge in [0.25, 0.3) is 0 Å². The quantitative estimate of drug-likeness (QED) is 0.121. The van der Waals surface area contributed by atoms with Crippen LogP contribution in [0.1, 0.15) is 24.5 Å². The molecule has 44 heavy (non-hydrogen) atoms. The van der Waals surface area contributed by atoms with E-state index in [4.69, 9.17) is 0 Å². The molecule has 0 aliphatic heterocycles. The molecule has 0 unspecified atom stereocenters. The second kappa shape index (κ2) is 12.6. The molecule has 4 aromatic rings. The molecule has 0 N–H and O–H groups in total. The zero-order valence-electron chi connectivity index (χ0n) is 22.3. The van der Waals surface area contributed by atoms with Gasteiger partial charge >= 0.3 is 12.2 Å². The number of alkyl halides is 4. The third-order valence-corrected chi connectivity index (χ3v) is 5.98. The fourth-order valence-electron chi connectivity index (χ4n) is 4.07. The topological polar surface area (TPSA) is 27.7 Å². The van der Waals surface area contributed by atoms with Gasteiger partial charge in [-0.3, -0.25) is 0 Å². The van der Waals surface area contributed by atoms with Crippen molar-refractivity contribution in [3.8, 4) is 28.4 Å². The van der Waals surface area contributed by atoms with Crippen LogP contribution in [0.25, 0.3) is 11.1 Å². The number of aryl methyl sites for hydroxylation is 1. The van der Waals surface area contributed by atoms with Crippen molar-refractivity contribution in [2.45, 2.75) is 32.0 Å². The Balaban J connectivity index is 1.42. The van der Waals surface area contributed by atoms with Crippen molar-refractivity contribution in [1.82, 2.24) is 0 Å². The third-order valence-electron chi connectivity index (χ3n) is 5.98. The van der Waals surface area contributed by atoms with Gasteiger partial charge in [0, 0.05) is 17.7 Å². The highest BCUT2D eigenvalue weighted by Crippen LogP contribution is 2.37. The molecule has 0 radical (unpaired) electrons. The molecule has 3 nitrogen and oxygen atoms in total. The van der Waals surface area contributed by atoms with Gasteiger partial charge in [0.05, 0.1) is 0 Å². The minimum absolute atomic E-state index is 0.135. The molecule has 0 aliphatic carbocycles. The second-order valence-electron chi connectivity index (χ2n) is 9.32. The Labute approximate surface area is 242 Å². The summed E-state index contributed by atoms with van der Waals surface area (Å²) in [7, 11) is 0. The molecule has 0 spiro atoms. The van der Waals surface area contributed by atoms with Crippen LogP contribution in [0.4, 0.5) is 48.3 Å². The summed E-state index contributed by atoms with van der Waals surface area (Å²) < 4.78 is 169. The monoisotopic (exact) mass is 636 g/mol. The number of rotatable bonds is 11. The van der Waals surface area contributed by atoms with Crippen LogP contribution in [0, 0.1) is 40.7 Å². The lowest BCUT2D eigenvalue weighted by Gasteiger charge is -2.21. The summed E-state index contributed by atoms with van der Waals surface area (Å²) in [6.45, 7) is 0.0450. The molecule has 4 rings (SSSR count). The molecule has 0 fully saturated rings. The van der Waals surface area contributed by atoms with E-state index >= 15 is 0 Å². The largest absolute Gasteiger partial charge is 0.480 e. The summed E-state index contributed by atoms with van der Waals surface area (Å²) in [6, 6.07) is 6.11. The zero-order valence-corrected chi connectivity index (χ0v) is 22.3. The maximum atomic E-state index is 14.6. The summed E-state index contributed by atoms with van der Waals surface area (Å²) >= 11 is 0. The highest BCUT2D eigenvalue weighted by atomic mass is 19.3. The molecule has 0 aromatic heterocycles. The van der Waals surface area contributed by atoms with Crippen LogP contribution in [0.15, 0.2) is 60.7 Å². The molecule has 0 heterocycles. The maximum absolute atomic E-state index is 14.6. The van der Waals surface area contributed by atoms with Crippen LogP contribution in [0.3, 0.4) is 0 Å². The number of hydrogen-bond donors (Lipinski definition) is 0. The Morgan fingerprint density at radius 2 is 1.18 bits per heavy atom. The van der Waals surface area contributed by atoms with E-state index < -0.39 is 93.5 Å². The molecule has 0 saturated heterocycles. The molecule has 4 aromatic carbocycles. The van der Waals surface area contributed by atoms with Gasteiger partial charge in [-0.1, -0.05) is 13.3 Å². The van der Waals surface area contributed by atoms with E-state index in [1.54, 1.807) is 6.92 Å². The summed E-state index contributed by atoms with van der Waals surface area (Å²) in [4.78, 5) is 0. The maximum Gasteiger partial charge on any atom is 0.433 e. The zero-order chi connectivity index (χ0) is 32.4. The van der Waals surface area contributed by atoms with E-state index in [9.17, 15) is 48.3 Å². The van der Waals surface area contributed by atoms with Crippen LogP contribution in [-0.4, -0.2) is 12.7 Å². The van der Waals surface area contributed by atoms with Gasteiger partial charge in [0.15, 0.2) is 35.6 Å². The smallest absolute Gasteiger partial charge is 0.433 e. The van der Waals surface area contributed by atoms with E-state index in [-0.39, 0.29) is 12.0 Å². The Morgan fingerprint density at radius 1 is 0.614 bits per heavy atom. The molecule has 0 amide bonds. The predicted octanol–water partition coefficient (Wildman–Crippen LogP) is 9.46. The summed E-state index contributed by atoms with van der Waals surface area (Å²) in [5.41, 5.74) is -2.47. The van der Waals surface area contributed by atoms with Gasteiger partial charge in [0.1, 0.15) is 34.5 Å². The normalized spacial score (nSPS) is 11.9. The number of ether oxygens (including phenoxy) is 3. The van der Waals surface area contributed by atoms with Crippen molar-refractivity contribution in [1.29, 1.82) is 0 Å². The number of benzene rings is 4. The van der Waals surface area contributed by atoms with Crippen molar-refractivity contribution in [2.24, 2.45) is 0 Å². The van der Waals surface area contributed by atoms with E-state index in [0.29, 0.717) is 42.8 Å². The second-order valence-corrected chi connectivity index (χ2v) is 9.32. The van der Waals surface area contributed by atoms with Crippen LogP contribution >= 0.6 is 0 Å². The van der Waals surface area contributed by atoms with Crippen LogP contribution < -0.4 is 14.2 Å². The first-order chi connectivity index (χ1) is 20.6. The van der Waals surface area contributed by atoms with Gasteiger partial charge in [-0.2, -0.15) is 17.6 Å². The lowest BCUT2D eigenvalue weighted by Crippen LogP contribution is -2.32. The number of halogens is 11. The van der Waals surface area contributed by atoms with Crippen LogP contribution in [-0.2, 0) is 12.5 Å². The molecular formula is C30H19F11O3. The van der Waals surface area contributed by atoms with Gasteiger partial charge in [-0.25, -0.2) is 30.7 Å². The molecule has 14 heteroatoms. The fourth-order valence-corrected chi connectivity index (χ4v) is 4.07. The number of hydrogen-bond acceptors (Lipinski definition) is 3. The van der Waals surface area contributed by atoms with Crippen molar-refractivity contribution < 1.29 is 62.5 Å². The highest BCUT2D eigenvalue weighted by Gasteiger charge is 2.41. The minimum atomic E-state index is -4.58. The molecular weight excluding hydrogens is 617 g/mol. The van der Waals surface area contributed by atoms with Crippen LogP contribution in [0.5, 0.6) is 17.2 Å². The average Bonchev–Trinajstić information content (AvgIpc) is 2.90. The minimum Gasteiger partial charge on any atom is -0.480 e. The van der Waals surface area contributed by atoms with E-state index in [1.807, 2.05) is 0 Å². The van der Waals surface area contributed by atoms with E-state index in [2.05, 4.69) is 14.2 Å². The van der Waals surface area contributed by atoms with Gasteiger partial charge in [-0.05, 0) is 66.1 Å². The van der Waals surface area contributed by atoms with Crippen molar-refractivity contribution >= 4 is 0 Å². The SMILES string of the molecule is CCCc1cc(F)c(C(F)(F)Oc2ccc(OCC(F)(F)Oc3ccc(-c4cc(F)c(F)c(F)c4)c(F)c3)c(F)c2)c(F)c1. The molecule has 0 atom stereocenters. The first kappa shape index (κ1) is 32.4. The summed E-state index contributed by atoms with van der Waals surface area (Å²) in [5, 5.41) is 0. The third kappa shape index (κ3) is 7.34. The fraction of sp³-hybridized carbons (Fsp3) is 0.200. The van der Waals surface area contributed by atoms with Crippen molar-refractivity contribution in [2.75, 3.05) is 6.61 Å². The Bertz CT molecular complexity index is 1630. The Kier molecular flexibility index (Phi) is 9.30. The predicted molar refractivity (Wildman–Crippen MR) is 134 cm³/mol. The van der Waals surface area contributed by atoms with Gasteiger partial charge in [-0.15, -0.1) is 0 Å². The average molecular weight is 636 g/mol. The summed E-state index contributed by atoms with van der Waals surface area (Å²) in [6.07, 6.45) is -8.09. The lowest BCUT2D eigenvalue weighted by atomic mass is 10.0. The van der Waals surface area contributed by atoms with E-state index in [0.717, 1.165) is 24.3 Å². The standard InChI is InChI=1S/C30H19F11O3/c1-2-3-15-8-22(33)27(23(34)9-15)30(40,41)44-18-5-7-26(21(32)13-18)42-14-29(38,39)43-17-4-6-19(20(31)12-17)16-10-24(35)28(37)25(36)11-16/h4-13H,2-3,14H2,1H3. The van der Waals surface area contributed by atoms with Gasteiger partial charge in [0.2, 0.25) is 0 Å². The highest BCUT2D eigenvalue weighted by molar-refractivity contribution is 5.65. The first-order valence-corrected chi connectivity index (χ1v) is 12.6. The molecule has 0 saturated carbocycles. The van der Waals surface area contributed by atoms with Crippen molar-refractivity contribution in [3.63, 3.8) is 0 Å². The molecule has 0 bridgehead atoms. The summed E-state index contributed by atoms with van der Waals surface area (Å²) in [5.74, 6) is -13.5.